The van der Waals surface area contributed by atoms with Crippen LogP contribution in [-0.4, -0.2) is 7.11 Å². The molecule has 0 fully saturated rings. The van der Waals surface area contributed by atoms with E-state index in [4.69, 9.17) is 32.7 Å². The van der Waals surface area contributed by atoms with Gasteiger partial charge in [-0.15, -0.1) is 0 Å². The van der Waals surface area contributed by atoms with E-state index in [9.17, 15) is 0 Å². The van der Waals surface area contributed by atoms with Crippen molar-refractivity contribution < 1.29 is 9.47 Å². The predicted molar refractivity (Wildman–Crippen MR) is 69.5 cm³/mol. The number of hydrogen-bond acceptors (Lipinski definition) is 2. The molecule has 0 radical (unpaired) electrons. The maximum absolute atomic E-state index is 6.02. The van der Waals surface area contributed by atoms with E-state index in [0.717, 1.165) is 5.75 Å². The maximum atomic E-state index is 6.02. The minimum atomic E-state index is 0.407. The van der Waals surface area contributed by atoms with Crippen LogP contribution in [0.2, 0.25) is 10.0 Å². The number of ether oxygens (including phenoxy) is 2. The molecule has 0 bridgehead atoms. The Kier molecular flexibility index (Phi) is 3.77. The van der Waals surface area contributed by atoms with Crippen LogP contribution in [0.15, 0.2) is 42.5 Å². The van der Waals surface area contributed by atoms with E-state index in [1.165, 1.54) is 0 Å². The molecule has 4 heteroatoms. The van der Waals surface area contributed by atoms with E-state index in [1.54, 1.807) is 37.4 Å². The van der Waals surface area contributed by atoms with Crippen molar-refractivity contribution in [2.45, 2.75) is 0 Å². The summed E-state index contributed by atoms with van der Waals surface area (Å²) in [6.45, 7) is 0. The van der Waals surface area contributed by atoms with Crippen molar-refractivity contribution in [1.29, 1.82) is 0 Å². The van der Waals surface area contributed by atoms with Crippen LogP contribution < -0.4 is 9.47 Å². The molecule has 0 atom stereocenters. The molecular formula is C13H10Cl2O2. The molecule has 0 aliphatic heterocycles. The first kappa shape index (κ1) is 12.1. The first-order valence-corrected chi connectivity index (χ1v) is 5.72. The second-order valence-electron chi connectivity index (χ2n) is 3.33. The average Bonchev–Trinajstić information content (AvgIpc) is 2.36. The van der Waals surface area contributed by atoms with Gasteiger partial charge in [0.05, 0.1) is 12.1 Å². The number of rotatable bonds is 3. The minimum absolute atomic E-state index is 0.407. The Hall–Kier alpha value is -1.38. The minimum Gasteiger partial charge on any atom is -0.497 e. The van der Waals surface area contributed by atoms with Crippen molar-refractivity contribution in [3.8, 4) is 17.2 Å². The summed E-state index contributed by atoms with van der Waals surface area (Å²) >= 11 is 11.9. The van der Waals surface area contributed by atoms with E-state index in [1.807, 2.05) is 12.1 Å². The summed E-state index contributed by atoms with van der Waals surface area (Å²) in [4.78, 5) is 0. The Balaban J connectivity index is 2.22. The van der Waals surface area contributed by atoms with Crippen molar-refractivity contribution in [3.63, 3.8) is 0 Å². The summed E-state index contributed by atoms with van der Waals surface area (Å²) in [6, 6.07) is 12.5. The molecule has 17 heavy (non-hydrogen) atoms. The van der Waals surface area contributed by atoms with E-state index in [0.29, 0.717) is 21.5 Å². The third kappa shape index (κ3) is 2.84. The van der Waals surface area contributed by atoms with E-state index >= 15 is 0 Å². The van der Waals surface area contributed by atoms with Crippen molar-refractivity contribution in [3.05, 3.63) is 52.5 Å². The molecule has 0 aliphatic carbocycles. The van der Waals surface area contributed by atoms with Crippen molar-refractivity contribution in [2.75, 3.05) is 7.11 Å². The summed E-state index contributed by atoms with van der Waals surface area (Å²) in [5.41, 5.74) is 0. The van der Waals surface area contributed by atoms with Gasteiger partial charge in [0, 0.05) is 0 Å². The first-order chi connectivity index (χ1) is 8.20. The maximum Gasteiger partial charge on any atom is 0.147 e. The van der Waals surface area contributed by atoms with Gasteiger partial charge in [-0.3, -0.25) is 0 Å². The highest BCUT2D eigenvalue weighted by Gasteiger charge is 2.06. The Labute approximate surface area is 110 Å². The van der Waals surface area contributed by atoms with Crippen LogP contribution in [0.3, 0.4) is 0 Å². The molecule has 0 amide bonds. The normalized spacial score (nSPS) is 10.1. The highest BCUT2D eigenvalue weighted by molar-refractivity contribution is 6.42. The number of halogens is 2. The molecule has 0 unspecified atom stereocenters. The predicted octanol–water partition coefficient (Wildman–Crippen LogP) is 4.79. The van der Waals surface area contributed by atoms with E-state index in [-0.39, 0.29) is 0 Å². The van der Waals surface area contributed by atoms with Crippen LogP contribution in [0.1, 0.15) is 0 Å². The third-order valence-electron chi connectivity index (χ3n) is 2.20. The van der Waals surface area contributed by atoms with Crippen molar-refractivity contribution in [1.82, 2.24) is 0 Å². The molecule has 0 saturated heterocycles. The second kappa shape index (κ2) is 5.30. The van der Waals surface area contributed by atoms with Gasteiger partial charge in [-0.1, -0.05) is 29.3 Å². The molecule has 0 heterocycles. The van der Waals surface area contributed by atoms with E-state index in [2.05, 4.69) is 0 Å². The highest BCUT2D eigenvalue weighted by atomic mass is 35.5. The van der Waals surface area contributed by atoms with Crippen LogP contribution in [0.5, 0.6) is 17.2 Å². The van der Waals surface area contributed by atoms with Gasteiger partial charge < -0.3 is 9.47 Å². The number of methoxy groups -OCH3 is 1. The molecule has 2 nitrogen and oxygen atoms in total. The standard InChI is InChI=1S/C13H10Cl2O2/c1-16-9-5-7-10(8-6-9)17-12-4-2-3-11(14)13(12)15/h2-8H,1H3. The monoisotopic (exact) mass is 268 g/mol. The molecule has 0 saturated carbocycles. The molecule has 0 aromatic heterocycles. The second-order valence-corrected chi connectivity index (χ2v) is 4.11. The molecule has 88 valence electrons. The van der Waals surface area contributed by atoms with Crippen molar-refractivity contribution >= 4 is 23.2 Å². The zero-order valence-corrected chi connectivity index (χ0v) is 10.6. The molecular weight excluding hydrogens is 259 g/mol. The van der Waals surface area contributed by atoms with Crippen LogP contribution in [0, 0.1) is 0 Å². The molecule has 2 rings (SSSR count). The van der Waals surface area contributed by atoms with E-state index < -0.39 is 0 Å². The van der Waals surface area contributed by atoms with Gasteiger partial charge >= 0.3 is 0 Å². The summed E-state index contributed by atoms with van der Waals surface area (Å²) < 4.78 is 10.7. The molecule has 2 aromatic rings. The summed E-state index contributed by atoms with van der Waals surface area (Å²) in [7, 11) is 1.61. The quantitative estimate of drug-likeness (QED) is 0.797. The van der Waals surface area contributed by atoms with Crippen LogP contribution in [0.4, 0.5) is 0 Å². The fourth-order valence-corrected chi connectivity index (χ4v) is 1.66. The SMILES string of the molecule is COc1ccc(Oc2cccc(Cl)c2Cl)cc1. The van der Waals surface area contributed by atoms with Gasteiger partial charge in [-0.05, 0) is 36.4 Å². The van der Waals surface area contributed by atoms with Crippen LogP contribution >= 0.6 is 23.2 Å². The zero-order chi connectivity index (χ0) is 12.3. The molecule has 0 spiro atoms. The van der Waals surface area contributed by atoms with Crippen LogP contribution in [-0.2, 0) is 0 Å². The first-order valence-electron chi connectivity index (χ1n) is 4.96. The topological polar surface area (TPSA) is 18.5 Å². The Morgan fingerprint density at radius 3 is 2.18 bits per heavy atom. The lowest BCUT2D eigenvalue weighted by Crippen LogP contribution is -1.86. The van der Waals surface area contributed by atoms with Gasteiger partial charge in [-0.25, -0.2) is 0 Å². The lowest BCUT2D eigenvalue weighted by molar-refractivity contribution is 0.413. The molecule has 0 aliphatic rings. The lowest BCUT2D eigenvalue weighted by Gasteiger charge is -2.08. The van der Waals surface area contributed by atoms with Gasteiger partial charge in [0.25, 0.3) is 0 Å². The zero-order valence-electron chi connectivity index (χ0n) is 9.11. The van der Waals surface area contributed by atoms with Gasteiger partial charge in [0.2, 0.25) is 0 Å². The summed E-state index contributed by atoms with van der Waals surface area (Å²) in [5, 5.41) is 0.877. The highest BCUT2D eigenvalue weighted by Crippen LogP contribution is 2.34. The summed E-state index contributed by atoms with van der Waals surface area (Å²) in [6.07, 6.45) is 0. The summed E-state index contributed by atoms with van der Waals surface area (Å²) in [5.74, 6) is 1.98. The third-order valence-corrected chi connectivity index (χ3v) is 3.00. The Morgan fingerprint density at radius 1 is 0.882 bits per heavy atom. The van der Waals surface area contributed by atoms with Gasteiger partial charge in [0.1, 0.15) is 22.3 Å². The fourth-order valence-electron chi connectivity index (χ4n) is 1.33. The number of benzene rings is 2. The van der Waals surface area contributed by atoms with Gasteiger partial charge in [-0.2, -0.15) is 0 Å². The number of hydrogen-bond donors (Lipinski definition) is 0. The van der Waals surface area contributed by atoms with Crippen molar-refractivity contribution in [2.24, 2.45) is 0 Å². The average molecular weight is 269 g/mol. The molecule has 2 aromatic carbocycles. The fraction of sp³-hybridized carbons (Fsp3) is 0.0769. The lowest BCUT2D eigenvalue weighted by atomic mass is 10.3. The van der Waals surface area contributed by atoms with Crippen LogP contribution in [0.25, 0.3) is 0 Å². The van der Waals surface area contributed by atoms with Gasteiger partial charge in [0.15, 0.2) is 0 Å². The largest absolute Gasteiger partial charge is 0.497 e. The Bertz CT molecular complexity index is 509. The molecule has 0 N–H and O–H groups in total. The smallest absolute Gasteiger partial charge is 0.147 e. The Morgan fingerprint density at radius 2 is 1.53 bits per heavy atom.